The molecule has 6 rings (SSSR count). The van der Waals surface area contributed by atoms with Crippen LogP contribution in [0, 0.1) is 0 Å². The summed E-state index contributed by atoms with van der Waals surface area (Å²) in [5.41, 5.74) is 4.29. The third-order valence-corrected chi connectivity index (χ3v) is 8.23. The van der Waals surface area contributed by atoms with Crippen LogP contribution in [0.4, 0.5) is 20.1 Å². The average molecular weight is 627 g/mol. The highest BCUT2D eigenvalue weighted by atomic mass is 16.6. The Morgan fingerprint density at radius 1 is 0.891 bits per heavy atom. The van der Waals surface area contributed by atoms with Crippen molar-refractivity contribution in [3.05, 3.63) is 70.9 Å². The minimum atomic E-state index is -0.751. The molecule has 0 N–H and O–H groups in total. The minimum Gasteiger partial charge on any atom is -0.444 e. The Kier molecular flexibility index (Phi) is 7.53. The van der Waals surface area contributed by atoms with Crippen molar-refractivity contribution in [3.8, 4) is 11.4 Å². The summed E-state index contributed by atoms with van der Waals surface area (Å²) in [6, 6.07) is 13.6. The molecule has 10 nitrogen and oxygen atoms in total. The van der Waals surface area contributed by atoms with Gasteiger partial charge >= 0.3 is 18.3 Å². The molecule has 10 heteroatoms. The van der Waals surface area contributed by atoms with Gasteiger partial charge in [0.05, 0.1) is 16.9 Å². The Hall–Kier alpha value is -4.60. The standard InChI is InChI=1S/C36H42N4O6/c1-34(2,3)45-32(42)39-19-23-15-12-16-24-25-17-28-26(18-27(25)40(30(24)29(23)37-39)33(43)46-35(4,5)6)36(7,8)21-38(28)31(41)44-20-22-13-10-9-11-14-22/h9-11,13-14,17-19H,12,15-16,20-21H2,1-8H3. The molecule has 2 aromatic heterocycles. The number of hydrogen-bond donors (Lipinski definition) is 0. The molecule has 1 aliphatic carbocycles. The van der Waals surface area contributed by atoms with Crippen molar-refractivity contribution < 1.29 is 28.6 Å². The van der Waals surface area contributed by atoms with Crippen molar-refractivity contribution in [1.82, 2.24) is 14.3 Å². The number of hydrogen-bond acceptors (Lipinski definition) is 7. The zero-order chi connectivity index (χ0) is 33.2. The molecule has 0 unspecified atom stereocenters. The number of nitrogens with zero attached hydrogens (tertiary/aromatic N) is 4. The van der Waals surface area contributed by atoms with E-state index in [-0.39, 0.29) is 6.61 Å². The second-order valence-corrected chi connectivity index (χ2v) is 14.8. The molecule has 1 aliphatic heterocycles. The lowest BCUT2D eigenvalue weighted by Gasteiger charge is -2.21. The number of amides is 1. The molecule has 0 bridgehead atoms. The van der Waals surface area contributed by atoms with Gasteiger partial charge in [-0.05, 0) is 89.6 Å². The van der Waals surface area contributed by atoms with Gasteiger partial charge in [-0.3, -0.25) is 4.90 Å². The number of fused-ring (bicyclic) bond motifs is 6. The fraction of sp³-hybridized carbons (Fsp3) is 0.444. The zero-order valence-electron chi connectivity index (χ0n) is 27.9. The molecular weight excluding hydrogens is 584 g/mol. The van der Waals surface area contributed by atoms with Crippen molar-refractivity contribution in [2.24, 2.45) is 0 Å². The summed E-state index contributed by atoms with van der Waals surface area (Å²) in [5, 5.41) is 5.54. The van der Waals surface area contributed by atoms with Crippen LogP contribution in [-0.4, -0.2) is 50.4 Å². The summed E-state index contributed by atoms with van der Waals surface area (Å²) in [6.45, 7) is 15.7. The summed E-state index contributed by atoms with van der Waals surface area (Å²) < 4.78 is 20.1. The maximum Gasteiger partial charge on any atom is 0.435 e. The van der Waals surface area contributed by atoms with Crippen LogP contribution in [0.3, 0.4) is 0 Å². The van der Waals surface area contributed by atoms with Crippen LogP contribution in [0.2, 0.25) is 0 Å². The predicted molar refractivity (Wildman–Crippen MR) is 175 cm³/mol. The molecule has 2 aromatic carbocycles. The van der Waals surface area contributed by atoms with E-state index in [1.165, 1.54) is 4.68 Å². The van der Waals surface area contributed by atoms with E-state index in [0.717, 1.165) is 39.7 Å². The number of carbonyl (C=O) groups excluding carboxylic acids is 3. The molecule has 2 aliphatic rings. The molecule has 0 saturated heterocycles. The predicted octanol–water partition coefficient (Wildman–Crippen LogP) is 7.99. The van der Waals surface area contributed by atoms with Crippen LogP contribution < -0.4 is 4.90 Å². The first-order valence-corrected chi connectivity index (χ1v) is 15.8. The molecule has 0 fully saturated rings. The first kappa shape index (κ1) is 31.4. The Balaban J connectivity index is 1.51. The third-order valence-electron chi connectivity index (χ3n) is 8.23. The van der Waals surface area contributed by atoms with Gasteiger partial charge in [0.25, 0.3) is 0 Å². The van der Waals surface area contributed by atoms with Gasteiger partial charge in [-0.15, -0.1) is 0 Å². The first-order valence-electron chi connectivity index (χ1n) is 15.8. The molecule has 4 aromatic rings. The minimum absolute atomic E-state index is 0.168. The van der Waals surface area contributed by atoms with Crippen LogP contribution in [-0.2, 0) is 39.1 Å². The maximum atomic E-state index is 14.0. The number of aromatic nitrogens is 3. The second-order valence-electron chi connectivity index (χ2n) is 14.8. The Bertz CT molecular complexity index is 1850. The van der Waals surface area contributed by atoms with Gasteiger partial charge < -0.3 is 14.2 Å². The summed E-state index contributed by atoms with van der Waals surface area (Å²) in [4.78, 5) is 42.3. The Labute approximate surface area is 269 Å². The molecule has 3 heterocycles. The summed E-state index contributed by atoms with van der Waals surface area (Å²) in [7, 11) is 0. The monoisotopic (exact) mass is 626 g/mol. The fourth-order valence-corrected chi connectivity index (χ4v) is 6.33. The van der Waals surface area contributed by atoms with Gasteiger partial charge in [-0.25, -0.2) is 19.0 Å². The number of benzene rings is 2. The smallest absolute Gasteiger partial charge is 0.435 e. The summed E-state index contributed by atoms with van der Waals surface area (Å²) in [6.07, 6.45) is 2.26. The SMILES string of the molecule is CC(C)(C)OC(=O)n1cc2c(n1)-c1c(c3cc4c(cc3n1C(=O)OC(C)(C)C)C(C)(C)CN4C(=O)OCc1ccccc1)CCC2. The van der Waals surface area contributed by atoms with E-state index in [1.54, 1.807) is 36.4 Å². The van der Waals surface area contributed by atoms with E-state index in [9.17, 15) is 14.4 Å². The van der Waals surface area contributed by atoms with E-state index in [1.807, 2.05) is 63.2 Å². The van der Waals surface area contributed by atoms with Gasteiger partial charge in [-0.1, -0.05) is 44.2 Å². The van der Waals surface area contributed by atoms with Crippen molar-refractivity contribution in [1.29, 1.82) is 0 Å². The maximum absolute atomic E-state index is 14.0. The summed E-state index contributed by atoms with van der Waals surface area (Å²) in [5.74, 6) is 0. The van der Waals surface area contributed by atoms with E-state index in [0.29, 0.717) is 36.3 Å². The molecule has 0 radical (unpaired) electrons. The molecule has 1 amide bonds. The molecule has 0 spiro atoms. The van der Waals surface area contributed by atoms with Crippen LogP contribution >= 0.6 is 0 Å². The molecule has 46 heavy (non-hydrogen) atoms. The van der Waals surface area contributed by atoms with Gasteiger partial charge in [0.2, 0.25) is 0 Å². The van der Waals surface area contributed by atoms with Crippen LogP contribution in [0.15, 0.2) is 48.7 Å². The number of anilines is 1. The van der Waals surface area contributed by atoms with Gasteiger partial charge in [-0.2, -0.15) is 9.78 Å². The number of aryl methyl sites for hydroxylation is 2. The van der Waals surface area contributed by atoms with Crippen molar-refractivity contribution >= 4 is 34.9 Å². The van der Waals surface area contributed by atoms with Crippen LogP contribution in [0.1, 0.15) is 84.1 Å². The van der Waals surface area contributed by atoms with E-state index < -0.39 is 34.9 Å². The topological polar surface area (TPSA) is 105 Å². The lowest BCUT2D eigenvalue weighted by molar-refractivity contribution is 0.0513. The highest BCUT2D eigenvalue weighted by molar-refractivity contribution is 6.04. The molecule has 0 atom stereocenters. The molecule has 242 valence electrons. The van der Waals surface area contributed by atoms with Crippen molar-refractivity contribution in [2.45, 2.75) is 97.9 Å². The first-order chi connectivity index (χ1) is 21.5. The van der Waals surface area contributed by atoms with Crippen LogP contribution in [0.5, 0.6) is 0 Å². The van der Waals surface area contributed by atoms with Crippen molar-refractivity contribution in [2.75, 3.05) is 11.4 Å². The molecule has 0 saturated carbocycles. The van der Waals surface area contributed by atoms with Crippen molar-refractivity contribution in [3.63, 3.8) is 0 Å². The second kappa shape index (κ2) is 11.0. The summed E-state index contributed by atoms with van der Waals surface area (Å²) >= 11 is 0. The van der Waals surface area contributed by atoms with E-state index in [4.69, 9.17) is 19.3 Å². The number of ether oxygens (including phenoxy) is 3. The lowest BCUT2D eigenvalue weighted by Crippen LogP contribution is -2.34. The van der Waals surface area contributed by atoms with Gasteiger partial charge in [0.15, 0.2) is 0 Å². The normalized spacial score (nSPS) is 15.5. The van der Waals surface area contributed by atoms with Gasteiger partial charge in [0.1, 0.15) is 23.5 Å². The average Bonchev–Trinajstić information content (AvgIpc) is 3.56. The number of carbonyl (C=O) groups is 3. The Morgan fingerprint density at radius 2 is 1.57 bits per heavy atom. The zero-order valence-corrected chi connectivity index (χ0v) is 27.9. The molecular formula is C36H42N4O6. The number of rotatable bonds is 2. The van der Waals surface area contributed by atoms with Crippen LogP contribution in [0.25, 0.3) is 22.3 Å². The quantitative estimate of drug-likeness (QED) is 0.208. The fourth-order valence-electron chi connectivity index (χ4n) is 6.33. The van der Waals surface area contributed by atoms with Gasteiger partial charge in [0, 0.05) is 29.1 Å². The van der Waals surface area contributed by atoms with E-state index in [2.05, 4.69) is 13.8 Å². The highest BCUT2D eigenvalue weighted by Gasteiger charge is 2.41. The lowest BCUT2D eigenvalue weighted by atomic mass is 9.86. The van der Waals surface area contributed by atoms with E-state index >= 15 is 0 Å². The highest BCUT2D eigenvalue weighted by Crippen LogP contribution is 2.47. The largest absolute Gasteiger partial charge is 0.444 e. The Morgan fingerprint density at radius 3 is 2.24 bits per heavy atom. The third kappa shape index (κ3) is 5.88.